The van der Waals surface area contributed by atoms with Gasteiger partial charge in [-0.05, 0) is 35.7 Å². The molecule has 1 atom stereocenters. The van der Waals surface area contributed by atoms with Crippen molar-refractivity contribution in [1.29, 1.82) is 0 Å². The highest BCUT2D eigenvalue weighted by atomic mass is 19.1. The van der Waals surface area contributed by atoms with E-state index in [0.717, 1.165) is 30.9 Å². The van der Waals surface area contributed by atoms with Crippen molar-refractivity contribution in [3.63, 3.8) is 0 Å². The number of amides is 3. The monoisotopic (exact) mass is 451 g/mol. The van der Waals surface area contributed by atoms with Crippen LogP contribution in [-0.2, 0) is 22.7 Å². The third-order valence-corrected chi connectivity index (χ3v) is 6.75. The van der Waals surface area contributed by atoms with E-state index in [0.29, 0.717) is 29.9 Å². The Morgan fingerprint density at radius 2 is 1.82 bits per heavy atom. The molecule has 3 aliphatic rings. The van der Waals surface area contributed by atoms with E-state index in [1.807, 2.05) is 29.2 Å². The Labute approximate surface area is 191 Å². The van der Waals surface area contributed by atoms with Crippen molar-refractivity contribution < 1.29 is 18.8 Å². The number of piperazine rings is 1. The zero-order valence-electron chi connectivity index (χ0n) is 18.2. The minimum absolute atomic E-state index is 0.190. The second kappa shape index (κ2) is 8.47. The number of imide groups is 1. The van der Waals surface area contributed by atoms with Crippen molar-refractivity contribution in [2.75, 3.05) is 36.8 Å². The fraction of sp³-hybridized carbons (Fsp3) is 0.375. The summed E-state index contributed by atoms with van der Waals surface area (Å²) in [6.07, 6.45) is 0.475. The van der Waals surface area contributed by atoms with Crippen LogP contribution in [0.4, 0.5) is 15.8 Å². The summed E-state index contributed by atoms with van der Waals surface area (Å²) in [7, 11) is 0. The normalized spacial score (nSPS) is 21.4. The molecule has 0 spiro atoms. The fourth-order valence-electron chi connectivity index (χ4n) is 4.88. The Bertz CT molecular complexity index is 1130. The molecule has 0 radical (unpaired) electrons. The van der Waals surface area contributed by atoms with Gasteiger partial charge in [-0.2, -0.15) is 0 Å². The molecule has 2 fully saturated rings. The van der Waals surface area contributed by atoms with Crippen molar-refractivity contribution in [3.8, 4) is 0 Å². The molecule has 9 heteroatoms. The van der Waals surface area contributed by atoms with Gasteiger partial charge < -0.3 is 15.5 Å². The van der Waals surface area contributed by atoms with E-state index >= 15 is 4.39 Å². The highest BCUT2D eigenvalue weighted by Gasteiger charge is 2.39. The van der Waals surface area contributed by atoms with Gasteiger partial charge in [0, 0.05) is 56.9 Å². The van der Waals surface area contributed by atoms with Gasteiger partial charge in [0.25, 0.3) is 5.91 Å². The van der Waals surface area contributed by atoms with E-state index in [1.54, 1.807) is 6.07 Å². The summed E-state index contributed by atoms with van der Waals surface area (Å²) in [5.41, 5.74) is 9.39. The molecular formula is C24H26FN5O3. The summed E-state index contributed by atoms with van der Waals surface area (Å²) >= 11 is 0. The number of anilines is 2. The van der Waals surface area contributed by atoms with Gasteiger partial charge in [-0.3, -0.25) is 24.6 Å². The number of nitrogens with one attached hydrogen (secondary N) is 1. The molecule has 2 aromatic carbocycles. The van der Waals surface area contributed by atoms with Crippen LogP contribution < -0.4 is 16.0 Å². The first-order valence-corrected chi connectivity index (χ1v) is 11.2. The lowest BCUT2D eigenvalue weighted by atomic mass is 10.0. The molecule has 3 heterocycles. The van der Waals surface area contributed by atoms with Gasteiger partial charge in [-0.15, -0.1) is 0 Å². The lowest BCUT2D eigenvalue weighted by molar-refractivity contribution is -0.136. The van der Waals surface area contributed by atoms with Crippen LogP contribution in [0.25, 0.3) is 0 Å². The van der Waals surface area contributed by atoms with Crippen molar-refractivity contribution in [2.24, 2.45) is 0 Å². The van der Waals surface area contributed by atoms with Crippen LogP contribution in [0.2, 0.25) is 0 Å². The van der Waals surface area contributed by atoms with E-state index in [4.69, 9.17) is 5.73 Å². The summed E-state index contributed by atoms with van der Waals surface area (Å²) in [4.78, 5) is 42.3. The van der Waals surface area contributed by atoms with Gasteiger partial charge in [0.05, 0.1) is 5.69 Å². The Morgan fingerprint density at radius 1 is 1.06 bits per heavy atom. The number of benzene rings is 2. The molecule has 2 aromatic rings. The van der Waals surface area contributed by atoms with Crippen LogP contribution >= 0.6 is 0 Å². The number of carbonyl (C=O) groups excluding carboxylic acids is 3. The van der Waals surface area contributed by atoms with E-state index < -0.39 is 17.8 Å². The highest BCUT2D eigenvalue weighted by molar-refractivity contribution is 6.05. The first-order valence-electron chi connectivity index (χ1n) is 11.2. The minimum atomic E-state index is -0.705. The quantitative estimate of drug-likeness (QED) is 0.540. The summed E-state index contributed by atoms with van der Waals surface area (Å²) < 4.78 is 15.0. The molecule has 8 nitrogen and oxygen atoms in total. The molecule has 0 aliphatic carbocycles. The van der Waals surface area contributed by atoms with Gasteiger partial charge in [0.1, 0.15) is 11.9 Å². The Morgan fingerprint density at radius 3 is 2.55 bits per heavy atom. The Balaban J connectivity index is 1.27. The van der Waals surface area contributed by atoms with Crippen LogP contribution in [0.5, 0.6) is 0 Å². The summed E-state index contributed by atoms with van der Waals surface area (Å²) in [5, 5.41) is 2.29. The maximum absolute atomic E-state index is 15.0. The predicted octanol–water partition coefficient (Wildman–Crippen LogP) is 1.49. The molecule has 3 N–H and O–H groups in total. The summed E-state index contributed by atoms with van der Waals surface area (Å²) in [5.74, 6) is -1.60. The third-order valence-electron chi connectivity index (χ3n) is 6.75. The molecule has 2 saturated heterocycles. The summed E-state index contributed by atoms with van der Waals surface area (Å²) in [6.45, 7) is 3.85. The first kappa shape index (κ1) is 21.4. The molecule has 0 saturated carbocycles. The summed E-state index contributed by atoms with van der Waals surface area (Å²) in [6, 6.07) is 10.1. The lowest BCUT2D eigenvalue weighted by Gasteiger charge is -2.36. The number of carbonyl (C=O) groups is 3. The van der Waals surface area contributed by atoms with Crippen molar-refractivity contribution in [2.45, 2.75) is 32.0 Å². The molecule has 0 aromatic heterocycles. The van der Waals surface area contributed by atoms with Gasteiger partial charge >= 0.3 is 0 Å². The number of nitrogens with zero attached hydrogens (tertiary/aromatic N) is 3. The maximum atomic E-state index is 15.0. The fourth-order valence-corrected chi connectivity index (χ4v) is 4.88. The van der Waals surface area contributed by atoms with Crippen LogP contribution in [0, 0.1) is 5.82 Å². The Hall–Kier alpha value is -3.46. The average Bonchev–Trinajstić information content (AvgIpc) is 3.11. The van der Waals surface area contributed by atoms with Crippen LogP contribution in [0.15, 0.2) is 36.4 Å². The minimum Gasteiger partial charge on any atom is -0.398 e. The molecule has 33 heavy (non-hydrogen) atoms. The smallest absolute Gasteiger partial charge is 0.255 e. The number of piperidine rings is 1. The number of nitrogens with two attached hydrogens (primary N) is 1. The number of rotatable bonds is 4. The van der Waals surface area contributed by atoms with Gasteiger partial charge in [0.15, 0.2) is 0 Å². The van der Waals surface area contributed by atoms with Crippen molar-refractivity contribution in [3.05, 3.63) is 58.9 Å². The molecule has 3 aliphatic heterocycles. The van der Waals surface area contributed by atoms with Crippen LogP contribution in [0.1, 0.15) is 34.3 Å². The third kappa shape index (κ3) is 4.04. The van der Waals surface area contributed by atoms with Crippen molar-refractivity contribution >= 4 is 29.1 Å². The topological polar surface area (TPSA) is 99.0 Å². The van der Waals surface area contributed by atoms with E-state index in [9.17, 15) is 14.4 Å². The molecule has 5 rings (SSSR count). The predicted molar refractivity (Wildman–Crippen MR) is 121 cm³/mol. The number of para-hydroxylation sites is 1. The molecule has 0 bridgehead atoms. The number of nitrogen functional groups attached to an aromatic ring is 1. The largest absolute Gasteiger partial charge is 0.398 e. The van der Waals surface area contributed by atoms with Gasteiger partial charge in [0.2, 0.25) is 11.8 Å². The molecule has 172 valence electrons. The van der Waals surface area contributed by atoms with E-state index in [2.05, 4.69) is 10.2 Å². The van der Waals surface area contributed by atoms with Gasteiger partial charge in [-0.1, -0.05) is 18.2 Å². The molecular weight excluding hydrogens is 425 g/mol. The van der Waals surface area contributed by atoms with E-state index in [1.165, 1.54) is 11.0 Å². The second-order valence-corrected chi connectivity index (χ2v) is 8.82. The van der Waals surface area contributed by atoms with Crippen LogP contribution in [0.3, 0.4) is 0 Å². The van der Waals surface area contributed by atoms with Crippen LogP contribution in [-0.4, -0.2) is 59.7 Å². The number of hydrogen-bond donors (Lipinski definition) is 2. The standard InChI is InChI=1S/C24H26FN5O3/c25-18-12-17-16(14-30(24(17)33)20-5-6-22(31)27-23(20)32)11-21(18)29-9-7-28(8-10-29)13-15-3-1-2-4-19(15)26/h1-4,11-12,20H,5-10,13-14,26H2,(H,27,31,32). The second-order valence-electron chi connectivity index (χ2n) is 8.82. The van der Waals surface area contributed by atoms with Crippen molar-refractivity contribution in [1.82, 2.24) is 15.1 Å². The number of halogens is 1. The number of hydrogen-bond acceptors (Lipinski definition) is 6. The molecule has 3 amide bonds. The zero-order chi connectivity index (χ0) is 23.1. The SMILES string of the molecule is Nc1ccccc1CN1CCN(c2cc3c(cc2F)C(=O)N(C2CCC(=O)NC2=O)C3)CC1. The molecule has 1 unspecified atom stereocenters. The maximum Gasteiger partial charge on any atom is 0.255 e. The first-order chi connectivity index (χ1) is 15.9. The lowest BCUT2D eigenvalue weighted by Crippen LogP contribution is -2.52. The number of fused-ring (bicyclic) bond motifs is 1. The average molecular weight is 452 g/mol. The highest BCUT2D eigenvalue weighted by Crippen LogP contribution is 2.33. The van der Waals surface area contributed by atoms with Gasteiger partial charge in [-0.25, -0.2) is 4.39 Å². The van der Waals surface area contributed by atoms with E-state index in [-0.39, 0.29) is 31.2 Å². The zero-order valence-corrected chi connectivity index (χ0v) is 18.2. The Kier molecular flexibility index (Phi) is 5.49.